The number of aromatic nitrogens is 1. The molecule has 140 valence electrons. The van der Waals surface area contributed by atoms with E-state index in [9.17, 15) is 18.0 Å². The molecule has 0 fully saturated rings. The Bertz CT molecular complexity index is 898. The molecule has 0 spiro atoms. The number of hydrogen-bond donors (Lipinski definition) is 3. The number of aryl methyl sites for hydroxylation is 2. The minimum Gasteiger partial charge on any atom is -0.478 e. The second kappa shape index (κ2) is 7.67. The Labute approximate surface area is 150 Å². The third-order valence-electron chi connectivity index (χ3n) is 3.63. The third-order valence-corrected chi connectivity index (χ3v) is 5.41. The molecule has 1 atom stereocenters. The lowest BCUT2D eigenvalue weighted by molar-refractivity contribution is -0.122. The Hall–Kier alpha value is -2.72. The molecule has 2 aromatic rings. The summed E-state index contributed by atoms with van der Waals surface area (Å²) in [5.74, 6) is -1.42. The van der Waals surface area contributed by atoms with Crippen molar-refractivity contribution in [3.05, 3.63) is 46.8 Å². The first-order chi connectivity index (χ1) is 12.1. The minimum absolute atomic E-state index is 0.0820. The summed E-state index contributed by atoms with van der Waals surface area (Å²) in [6.07, 6.45) is 0. The van der Waals surface area contributed by atoms with Gasteiger partial charge in [0.25, 0.3) is 0 Å². The first-order valence-electron chi connectivity index (χ1n) is 7.67. The molecular weight excluding hydrogens is 362 g/mol. The van der Waals surface area contributed by atoms with Gasteiger partial charge >= 0.3 is 5.97 Å². The monoisotopic (exact) mass is 381 g/mol. The highest BCUT2D eigenvalue weighted by Crippen LogP contribution is 2.18. The zero-order valence-corrected chi connectivity index (χ0v) is 15.3. The van der Waals surface area contributed by atoms with Gasteiger partial charge < -0.3 is 14.9 Å². The van der Waals surface area contributed by atoms with Gasteiger partial charge in [0.1, 0.15) is 10.6 Å². The lowest BCUT2D eigenvalue weighted by Gasteiger charge is -2.14. The molecule has 1 aromatic carbocycles. The van der Waals surface area contributed by atoms with E-state index in [2.05, 4.69) is 15.2 Å². The number of nitrogens with one attached hydrogen (secondary N) is 2. The summed E-state index contributed by atoms with van der Waals surface area (Å²) in [6.45, 7) is 4.52. The largest absolute Gasteiger partial charge is 0.478 e. The number of carboxylic acids is 1. The van der Waals surface area contributed by atoms with Gasteiger partial charge in [0, 0.05) is 6.54 Å². The Kier molecular flexibility index (Phi) is 5.78. The van der Waals surface area contributed by atoms with E-state index in [1.807, 2.05) is 0 Å². The van der Waals surface area contributed by atoms with Crippen molar-refractivity contribution in [1.82, 2.24) is 15.2 Å². The van der Waals surface area contributed by atoms with Gasteiger partial charge in [0.15, 0.2) is 5.76 Å². The van der Waals surface area contributed by atoms with Crippen molar-refractivity contribution in [2.45, 2.75) is 38.3 Å². The van der Waals surface area contributed by atoms with E-state index in [1.165, 1.54) is 32.9 Å². The second-order valence-electron chi connectivity index (χ2n) is 5.72. The quantitative estimate of drug-likeness (QED) is 0.649. The third kappa shape index (κ3) is 4.46. The molecule has 0 radical (unpaired) electrons. The van der Waals surface area contributed by atoms with Crippen molar-refractivity contribution < 1.29 is 27.6 Å². The molecule has 0 aliphatic rings. The van der Waals surface area contributed by atoms with Crippen molar-refractivity contribution in [3.63, 3.8) is 0 Å². The van der Waals surface area contributed by atoms with Crippen LogP contribution in [0.1, 0.15) is 34.3 Å². The summed E-state index contributed by atoms with van der Waals surface area (Å²) in [5.41, 5.74) is 1.03. The highest BCUT2D eigenvalue weighted by molar-refractivity contribution is 7.89. The van der Waals surface area contributed by atoms with Crippen molar-refractivity contribution in [2.24, 2.45) is 0 Å². The maximum atomic E-state index is 12.4. The first kappa shape index (κ1) is 19.6. The summed E-state index contributed by atoms with van der Waals surface area (Å²) in [7, 11) is -3.95. The summed E-state index contributed by atoms with van der Waals surface area (Å²) in [6, 6.07) is 4.97. The molecule has 0 saturated carbocycles. The Morgan fingerprint density at radius 2 is 1.85 bits per heavy atom. The normalized spacial score (nSPS) is 12.6. The van der Waals surface area contributed by atoms with Crippen LogP contribution >= 0.6 is 0 Å². The fourth-order valence-electron chi connectivity index (χ4n) is 2.31. The Morgan fingerprint density at radius 1 is 1.23 bits per heavy atom. The molecule has 2 rings (SSSR count). The topological polar surface area (TPSA) is 139 Å². The second-order valence-corrected chi connectivity index (χ2v) is 7.37. The van der Waals surface area contributed by atoms with Crippen LogP contribution in [0.5, 0.6) is 0 Å². The molecule has 26 heavy (non-hydrogen) atoms. The van der Waals surface area contributed by atoms with E-state index in [0.29, 0.717) is 5.56 Å². The van der Waals surface area contributed by atoms with Gasteiger partial charge in [-0.2, -0.15) is 4.72 Å². The fraction of sp³-hybridized carbons (Fsp3) is 0.312. The molecule has 10 heteroatoms. The fourth-order valence-corrected chi connectivity index (χ4v) is 3.84. The van der Waals surface area contributed by atoms with Crippen LogP contribution in [0.4, 0.5) is 0 Å². The van der Waals surface area contributed by atoms with Crippen molar-refractivity contribution in [2.75, 3.05) is 0 Å². The van der Waals surface area contributed by atoms with Crippen molar-refractivity contribution >= 4 is 21.9 Å². The van der Waals surface area contributed by atoms with Gasteiger partial charge in [-0.05, 0) is 38.5 Å². The van der Waals surface area contributed by atoms with E-state index < -0.39 is 27.9 Å². The highest BCUT2D eigenvalue weighted by atomic mass is 32.2. The summed E-state index contributed by atoms with van der Waals surface area (Å²) >= 11 is 0. The molecule has 0 bridgehead atoms. The van der Waals surface area contributed by atoms with Gasteiger partial charge in [0.05, 0.1) is 11.6 Å². The van der Waals surface area contributed by atoms with Crippen LogP contribution in [0, 0.1) is 13.8 Å². The number of carbonyl (C=O) groups is 2. The number of benzene rings is 1. The number of rotatable bonds is 7. The first-order valence-corrected chi connectivity index (χ1v) is 9.15. The molecule has 1 heterocycles. The molecule has 1 amide bonds. The summed E-state index contributed by atoms with van der Waals surface area (Å²) in [5, 5.41) is 15.0. The van der Waals surface area contributed by atoms with Crippen LogP contribution in [0.2, 0.25) is 0 Å². The predicted molar refractivity (Wildman–Crippen MR) is 91.0 cm³/mol. The maximum Gasteiger partial charge on any atom is 0.335 e. The predicted octanol–water partition coefficient (Wildman–Crippen LogP) is 0.973. The molecule has 0 saturated heterocycles. The zero-order chi connectivity index (χ0) is 19.5. The highest BCUT2D eigenvalue weighted by Gasteiger charge is 2.28. The Morgan fingerprint density at radius 3 is 2.35 bits per heavy atom. The van der Waals surface area contributed by atoms with Crippen LogP contribution in [0.3, 0.4) is 0 Å². The van der Waals surface area contributed by atoms with Crippen molar-refractivity contribution in [1.29, 1.82) is 0 Å². The van der Waals surface area contributed by atoms with E-state index in [4.69, 9.17) is 9.63 Å². The lowest BCUT2D eigenvalue weighted by Crippen LogP contribution is -2.44. The van der Waals surface area contributed by atoms with Crippen molar-refractivity contribution in [3.8, 4) is 0 Å². The number of aromatic carboxylic acids is 1. The van der Waals surface area contributed by atoms with Crippen LogP contribution < -0.4 is 10.0 Å². The number of hydrogen-bond acceptors (Lipinski definition) is 6. The maximum absolute atomic E-state index is 12.4. The average Bonchev–Trinajstić information content (AvgIpc) is 2.91. The van der Waals surface area contributed by atoms with E-state index in [0.717, 1.165) is 0 Å². The standard InChI is InChI=1S/C16H19N3O6S/c1-9-14(11(3)25-18-9)26(23,24)19-10(2)15(20)17-8-12-4-6-13(7-5-12)16(21)22/h4-7,10,19H,8H2,1-3H3,(H,17,20)(H,21,22). The molecular formula is C16H19N3O6S. The van der Waals surface area contributed by atoms with Crippen LogP contribution in [0.25, 0.3) is 0 Å². The lowest BCUT2D eigenvalue weighted by atomic mass is 10.1. The van der Waals surface area contributed by atoms with E-state index in [-0.39, 0.29) is 28.5 Å². The number of sulfonamides is 1. The molecule has 3 N–H and O–H groups in total. The number of nitrogens with zero attached hydrogens (tertiary/aromatic N) is 1. The van der Waals surface area contributed by atoms with E-state index >= 15 is 0 Å². The van der Waals surface area contributed by atoms with Crippen LogP contribution in [-0.2, 0) is 21.4 Å². The number of amides is 1. The average molecular weight is 381 g/mol. The number of carbonyl (C=O) groups excluding carboxylic acids is 1. The van der Waals surface area contributed by atoms with Crippen LogP contribution in [0.15, 0.2) is 33.7 Å². The van der Waals surface area contributed by atoms with Gasteiger partial charge in [-0.25, -0.2) is 13.2 Å². The smallest absolute Gasteiger partial charge is 0.335 e. The minimum atomic E-state index is -3.95. The van der Waals surface area contributed by atoms with Gasteiger partial charge in [-0.1, -0.05) is 17.3 Å². The molecule has 0 aliphatic carbocycles. The van der Waals surface area contributed by atoms with Gasteiger partial charge in [-0.3, -0.25) is 4.79 Å². The van der Waals surface area contributed by atoms with Crippen LogP contribution in [-0.4, -0.2) is 36.6 Å². The molecule has 9 nitrogen and oxygen atoms in total. The molecule has 1 aromatic heterocycles. The zero-order valence-electron chi connectivity index (χ0n) is 14.4. The summed E-state index contributed by atoms with van der Waals surface area (Å²) in [4.78, 5) is 22.9. The van der Waals surface area contributed by atoms with Gasteiger partial charge in [-0.15, -0.1) is 0 Å². The van der Waals surface area contributed by atoms with E-state index in [1.54, 1.807) is 12.1 Å². The SMILES string of the molecule is Cc1noc(C)c1S(=O)(=O)NC(C)C(=O)NCc1ccc(C(=O)O)cc1. The van der Waals surface area contributed by atoms with Gasteiger partial charge in [0.2, 0.25) is 15.9 Å². The Balaban J connectivity index is 1.98. The molecule has 1 unspecified atom stereocenters. The molecule has 0 aliphatic heterocycles. The number of carboxylic acid groups (broad SMARTS) is 1. The summed E-state index contributed by atoms with van der Waals surface area (Å²) < 4.78 is 31.9.